The fraction of sp³-hybridized carbons (Fsp3) is 0.353. The van der Waals surface area contributed by atoms with E-state index < -0.39 is 5.82 Å². The molecule has 0 saturated carbocycles. The van der Waals surface area contributed by atoms with Gasteiger partial charge in [-0.15, -0.1) is 5.10 Å². The molecule has 1 fully saturated rings. The Hall–Kier alpha value is -2.70. The van der Waals surface area contributed by atoms with E-state index in [4.69, 9.17) is 0 Å². The summed E-state index contributed by atoms with van der Waals surface area (Å²) in [6.07, 6.45) is 1.71. The third-order valence-electron chi connectivity index (χ3n) is 4.20. The molecule has 1 saturated heterocycles. The van der Waals surface area contributed by atoms with Crippen LogP contribution >= 0.6 is 0 Å². The van der Waals surface area contributed by atoms with Gasteiger partial charge in [0.2, 0.25) is 5.91 Å². The average molecular weight is 330 g/mol. The minimum atomic E-state index is -0.427. The van der Waals surface area contributed by atoms with Crippen LogP contribution in [0.15, 0.2) is 41.2 Å². The smallest absolute Gasteiger partial charge is 0.271 e. The van der Waals surface area contributed by atoms with E-state index in [1.807, 2.05) is 4.90 Å². The van der Waals surface area contributed by atoms with E-state index in [1.54, 1.807) is 19.2 Å². The number of rotatable bonds is 3. The third kappa shape index (κ3) is 3.29. The standard InChI is InChI=1S/C17H19FN4O2/c1-19-17(24)12-4-3-9-21(11-12)15-7-8-16(23)22(20-15)14-6-2-5-13(18)10-14/h2,5-8,10,12H,3-4,9,11H2,1H3,(H,19,24)/t12-/m0/s1. The zero-order valence-corrected chi connectivity index (χ0v) is 13.4. The largest absolute Gasteiger partial charge is 0.359 e. The van der Waals surface area contributed by atoms with Crippen LogP contribution in [0.3, 0.4) is 0 Å². The number of aromatic nitrogens is 2. The van der Waals surface area contributed by atoms with Crippen molar-refractivity contribution >= 4 is 11.7 Å². The first-order chi connectivity index (χ1) is 11.6. The summed E-state index contributed by atoms with van der Waals surface area (Å²) in [4.78, 5) is 25.9. The number of hydrogen-bond donors (Lipinski definition) is 1. The Balaban J connectivity index is 1.91. The van der Waals surface area contributed by atoms with Gasteiger partial charge >= 0.3 is 0 Å². The van der Waals surface area contributed by atoms with Gasteiger partial charge < -0.3 is 10.2 Å². The highest BCUT2D eigenvalue weighted by molar-refractivity contribution is 5.79. The van der Waals surface area contributed by atoms with Crippen LogP contribution in [0.5, 0.6) is 0 Å². The molecule has 0 spiro atoms. The fourth-order valence-corrected chi connectivity index (χ4v) is 2.97. The van der Waals surface area contributed by atoms with Crippen molar-refractivity contribution in [3.8, 4) is 5.69 Å². The second-order valence-corrected chi connectivity index (χ2v) is 5.82. The third-order valence-corrected chi connectivity index (χ3v) is 4.20. The Morgan fingerprint density at radius 3 is 2.92 bits per heavy atom. The summed E-state index contributed by atoms with van der Waals surface area (Å²) in [6, 6.07) is 8.80. The van der Waals surface area contributed by atoms with Gasteiger partial charge in [0.1, 0.15) is 11.6 Å². The molecule has 1 aliphatic rings. The molecule has 126 valence electrons. The van der Waals surface area contributed by atoms with Crippen molar-refractivity contribution in [3.05, 3.63) is 52.6 Å². The van der Waals surface area contributed by atoms with Crippen LogP contribution in [0.2, 0.25) is 0 Å². The average Bonchev–Trinajstić information content (AvgIpc) is 2.61. The predicted octanol–water partition coefficient (Wildman–Crippen LogP) is 1.33. The number of anilines is 1. The molecule has 1 aromatic carbocycles. The van der Waals surface area contributed by atoms with Gasteiger partial charge in [-0.3, -0.25) is 9.59 Å². The summed E-state index contributed by atoms with van der Waals surface area (Å²) < 4.78 is 14.6. The van der Waals surface area contributed by atoms with Crippen LogP contribution in [0.25, 0.3) is 5.69 Å². The number of hydrogen-bond acceptors (Lipinski definition) is 4. The molecule has 3 rings (SSSR count). The molecule has 6 nitrogen and oxygen atoms in total. The lowest BCUT2D eigenvalue weighted by Gasteiger charge is -2.32. The van der Waals surface area contributed by atoms with Crippen molar-refractivity contribution in [1.29, 1.82) is 0 Å². The molecule has 24 heavy (non-hydrogen) atoms. The maximum Gasteiger partial charge on any atom is 0.271 e. The van der Waals surface area contributed by atoms with Crippen LogP contribution in [0, 0.1) is 11.7 Å². The maximum atomic E-state index is 13.4. The molecule has 0 bridgehead atoms. The first kappa shape index (κ1) is 16.2. The number of halogens is 1. The van der Waals surface area contributed by atoms with Gasteiger partial charge in [-0.2, -0.15) is 4.68 Å². The van der Waals surface area contributed by atoms with Crippen molar-refractivity contribution in [3.63, 3.8) is 0 Å². The topological polar surface area (TPSA) is 67.2 Å². The zero-order chi connectivity index (χ0) is 17.1. The monoisotopic (exact) mass is 330 g/mol. The van der Waals surface area contributed by atoms with Gasteiger partial charge in [0.05, 0.1) is 11.6 Å². The zero-order valence-electron chi connectivity index (χ0n) is 13.4. The Labute approximate surface area is 138 Å². The van der Waals surface area contributed by atoms with Crippen LogP contribution in [-0.4, -0.2) is 35.8 Å². The van der Waals surface area contributed by atoms with Gasteiger partial charge in [0, 0.05) is 26.2 Å². The number of nitrogens with zero attached hydrogens (tertiary/aromatic N) is 3. The van der Waals surface area contributed by atoms with Crippen LogP contribution in [0.1, 0.15) is 12.8 Å². The fourth-order valence-electron chi connectivity index (χ4n) is 2.97. The second-order valence-electron chi connectivity index (χ2n) is 5.82. The van der Waals surface area contributed by atoms with Crippen LogP contribution in [0.4, 0.5) is 10.2 Å². The minimum absolute atomic E-state index is 0.0122. The van der Waals surface area contributed by atoms with Gasteiger partial charge in [-0.25, -0.2) is 4.39 Å². The van der Waals surface area contributed by atoms with Crippen LogP contribution < -0.4 is 15.8 Å². The van der Waals surface area contributed by atoms with E-state index in [-0.39, 0.29) is 17.4 Å². The van der Waals surface area contributed by atoms with Crippen molar-refractivity contribution in [2.75, 3.05) is 25.0 Å². The number of nitrogens with one attached hydrogen (secondary N) is 1. The summed E-state index contributed by atoms with van der Waals surface area (Å²) in [6.45, 7) is 1.32. The highest BCUT2D eigenvalue weighted by Crippen LogP contribution is 2.21. The summed E-state index contributed by atoms with van der Waals surface area (Å²) in [5, 5.41) is 7.04. The lowest BCUT2D eigenvalue weighted by Crippen LogP contribution is -2.43. The molecule has 2 heterocycles. The van der Waals surface area contributed by atoms with Crippen molar-refractivity contribution in [1.82, 2.24) is 15.1 Å². The molecular formula is C17H19FN4O2. The Morgan fingerprint density at radius 1 is 1.33 bits per heavy atom. The van der Waals surface area contributed by atoms with Crippen molar-refractivity contribution in [2.45, 2.75) is 12.8 Å². The molecule has 2 aromatic rings. The first-order valence-corrected chi connectivity index (χ1v) is 7.91. The summed E-state index contributed by atoms with van der Waals surface area (Å²) >= 11 is 0. The quantitative estimate of drug-likeness (QED) is 0.922. The van der Waals surface area contributed by atoms with E-state index in [9.17, 15) is 14.0 Å². The van der Waals surface area contributed by atoms with Gasteiger partial charge in [0.15, 0.2) is 0 Å². The molecular weight excluding hydrogens is 311 g/mol. The summed E-state index contributed by atoms with van der Waals surface area (Å²) in [5.74, 6) is 0.0926. The van der Waals surface area contributed by atoms with Crippen molar-refractivity contribution < 1.29 is 9.18 Å². The first-order valence-electron chi connectivity index (χ1n) is 7.91. The molecule has 1 aliphatic heterocycles. The Morgan fingerprint density at radius 2 is 2.17 bits per heavy atom. The number of piperidine rings is 1. The molecule has 1 atom stereocenters. The lowest BCUT2D eigenvalue weighted by atomic mass is 9.97. The van der Waals surface area contributed by atoms with E-state index in [2.05, 4.69) is 10.4 Å². The highest BCUT2D eigenvalue weighted by Gasteiger charge is 2.26. The number of carbonyl (C=O) groups is 1. The van der Waals surface area contributed by atoms with E-state index >= 15 is 0 Å². The van der Waals surface area contributed by atoms with E-state index in [0.29, 0.717) is 18.1 Å². The second kappa shape index (κ2) is 6.82. The van der Waals surface area contributed by atoms with E-state index in [1.165, 1.54) is 28.9 Å². The molecule has 1 aromatic heterocycles. The molecule has 0 unspecified atom stereocenters. The molecule has 0 aliphatic carbocycles. The Bertz CT molecular complexity index is 805. The predicted molar refractivity (Wildman–Crippen MR) is 88.8 cm³/mol. The minimum Gasteiger partial charge on any atom is -0.359 e. The van der Waals surface area contributed by atoms with Gasteiger partial charge in [-0.1, -0.05) is 6.07 Å². The maximum absolute atomic E-state index is 13.4. The Kier molecular flexibility index (Phi) is 4.59. The van der Waals surface area contributed by atoms with Crippen molar-refractivity contribution in [2.24, 2.45) is 5.92 Å². The lowest BCUT2D eigenvalue weighted by molar-refractivity contribution is -0.124. The number of amides is 1. The van der Waals surface area contributed by atoms with E-state index in [0.717, 1.165) is 19.4 Å². The van der Waals surface area contributed by atoms with Crippen LogP contribution in [-0.2, 0) is 4.79 Å². The number of benzene rings is 1. The molecule has 0 radical (unpaired) electrons. The summed E-state index contributed by atoms with van der Waals surface area (Å²) in [7, 11) is 1.63. The summed E-state index contributed by atoms with van der Waals surface area (Å²) in [5.41, 5.74) is 0.0471. The van der Waals surface area contributed by atoms with Gasteiger partial charge in [-0.05, 0) is 37.1 Å². The normalized spacial score (nSPS) is 17.6. The molecule has 7 heteroatoms. The molecule has 1 amide bonds. The SMILES string of the molecule is CNC(=O)[C@H]1CCCN(c2ccc(=O)n(-c3cccc(F)c3)n2)C1. The highest BCUT2D eigenvalue weighted by atomic mass is 19.1. The molecule has 1 N–H and O–H groups in total. The number of carbonyl (C=O) groups excluding carboxylic acids is 1. The van der Waals surface area contributed by atoms with Gasteiger partial charge in [0.25, 0.3) is 5.56 Å².